The largest absolute Gasteiger partial charge is 0.455 e. The van der Waals surface area contributed by atoms with E-state index in [-0.39, 0.29) is 5.37 Å². The van der Waals surface area contributed by atoms with Gasteiger partial charge in [0.1, 0.15) is 16.5 Å². The minimum absolute atomic E-state index is 0.0712. The minimum Gasteiger partial charge on any atom is -0.455 e. The van der Waals surface area contributed by atoms with Crippen LogP contribution in [0.1, 0.15) is 10.9 Å². The van der Waals surface area contributed by atoms with E-state index in [4.69, 9.17) is 4.42 Å². The van der Waals surface area contributed by atoms with Gasteiger partial charge in [0.25, 0.3) is 0 Å². The maximum absolute atomic E-state index is 6.54. The predicted molar refractivity (Wildman–Crippen MR) is 223 cm³/mol. The van der Waals surface area contributed by atoms with Crippen molar-refractivity contribution < 1.29 is 4.42 Å². The van der Waals surface area contributed by atoms with Crippen LogP contribution in [0.15, 0.2) is 191 Å². The molecule has 1 atom stereocenters. The molecule has 0 spiro atoms. The second kappa shape index (κ2) is 12.0. The van der Waals surface area contributed by atoms with Crippen molar-refractivity contribution in [3.05, 3.63) is 188 Å². The summed E-state index contributed by atoms with van der Waals surface area (Å²) < 4.78 is 8.96. The van der Waals surface area contributed by atoms with E-state index in [0.29, 0.717) is 0 Å². The maximum atomic E-state index is 6.54. The van der Waals surface area contributed by atoms with Crippen molar-refractivity contribution >= 4 is 61.2 Å². The molecule has 10 aromatic rings. The maximum Gasteiger partial charge on any atom is 0.145 e. The van der Waals surface area contributed by atoms with E-state index in [0.717, 1.165) is 44.4 Å². The Balaban J connectivity index is 1.01. The Morgan fingerprint density at radius 2 is 1.06 bits per heavy atom. The number of fused-ring (bicyclic) bond motifs is 8. The zero-order valence-electron chi connectivity index (χ0n) is 28.7. The smallest absolute Gasteiger partial charge is 0.145 e. The molecule has 0 saturated heterocycles. The summed E-state index contributed by atoms with van der Waals surface area (Å²) >= 11 is 1.87. The molecule has 250 valence electrons. The molecule has 1 N–H and O–H groups in total. The average Bonchev–Trinajstić information content (AvgIpc) is 3.93. The fourth-order valence-corrected chi connectivity index (χ4v) is 9.29. The van der Waals surface area contributed by atoms with Crippen LogP contribution in [0.5, 0.6) is 0 Å². The van der Waals surface area contributed by atoms with Crippen LogP contribution in [0.25, 0.3) is 82.8 Å². The standard InChI is InChI=1S/C49H32N2OS/c1-4-12-31(13-5-1)35-22-26-42-40(28-35)41-29-36(32-14-6-2-7-15-32)23-27-43(41)51(42)37-24-20-34(21-25-37)49-50-47-45(53-49)30-39(33-16-8-3-9-17-33)48-46(47)38-18-10-11-19-44(38)52-48/h1-30,49-50H. The molecule has 0 aliphatic carbocycles. The minimum atomic E-state index is 0.0712. The molecule has 3 nitrogen and oxygen atoms in total. The number of nitrogens with zero attached hydrogens (tertiary/aromatic N) is 1. The molecule has 0 bridgehead atoms. The van der Waals surface area contributed by atoms with Crippen molar-refractivity contribution in [1.82, 2.24) is 4.57 Å². The zero-order chi connectivity index (χ0) is 34.9. The lowest BCUT2D eigenvalue weighted by Gasteiger charge is -2.14. The van der Waals surface area contributed by atoms with Gasteiger partial charge < -0.3 is 14.3 Å². The fourth-order valence-electron chi connectivity index (χ4n) is 8.10. The lowest BCUT2D eigenvalue weighted by molar-refractivity contribution is 0.670. The molecule has 8 aromatic carbocycles. The highest BCUT2D eigenvalue weighted by Gasteiger charge is 2.29. The van der Waals surface area contributed by atoms with Crippen molar-refractivity contribution in [2.45, 2.75) is 10.3 Å². The number of nitrogens with one attached hydrogen (secondary N) is 1. The first-order valence-electron chi connectivity index (χ1n) is 18.0. The normalized spacial score (nSPS) is 13.9. The number of hydrogen-bond acceptors (Lipinski definition) is 3. The summed E-state index contributed by atoms with van der Waals surface area (Å²) in [5.74, 6) is 0. The Bertz CT molecular complexity index is 2890. The summed E-state index contributed by atoms with van der Waals surface area (Å²) in [5, 5.41) is 8.76. The quantitative estimate of drug-likeness (QED) is 0.194. The molecule has 1 aliphatic heterocycles. The van der Waals surface area contributed by atoms with Gasteiger partial charge in [-0.3, -0.25) is 0 Å². The summed E-state index contributed by atoms with van der Waals surface area (Å²) in [6, 6.07) is 65.4. The van der Waals surface area contributed by atoms with E-state index in [1.54, 1.807) is 0 Å². The molecular weight excluding hydrogens is 665 g/mol. The Morgan fingerprint density at radius 1 is 0.491 bits per heavy atom. The van der Waals surface area contributed by atoms with Crippen LogP contribution in [-0.4, -0.2) is 4.57 Å². The zero-order valence-corrected chi connectivity index (χ0v) is 29.5. The molecule has 0 amide bonds. The number of benzene rings is 8. The second-order valence-corrected chi connectivity index (χ2v) is 14.9. The van der Waals surface area contributed by atoms with Crippen LogP contribution in [0, 0.1) is 0 Å². The Hall–Kier alpha value is -6.49. The van der Waals surface area contributed by atoms with E-state index in [9.17, 15) is 0 Å². The Kier molecular flexibility index (Phi) is 6.86. The van der Waals surface area contributed by atoms with Crippen LogP contribution in [0.2, 0.25) is 0 Å². The molecule has 0 radical (unpaired) electrons. The molecule has 0 fully saturated rings. The molecule has 0 saturated carbocycles. The third-order valence-electron chi connectivity index (χ3n) is 10.7. The van der Waals surface area contributed by atoms with Crippen molar-refractivity contribution in [3.63, 3.8) is 0 Å². The number of anilines is 1. The third-order valence-corrected chi connectivity index (χ3v) is 11.9. The van der Waals surface area contributed by atoms with Gasteiger partial charge in [-0.25, -0.2) is 0 Å². The number of furan rings is 1. The van der Waals surface area contributed by atoms with Crippen molar-refractivity contribution in [2.75, 3.05) is 5.32 Å². The Labute approximate surface area is 311 Å². The number of rotatable bonds is 5. The van der Waals surface area contributed by atoms with Crippen LogP contribution in [-0.2, 0) is 0 Å². The van der Waals surface area contributed by atoms with Crippen LogP contribution in [0.4, 0.5) is 5.69 Å². The van der Waals surface area contributed by atoms with E-state index in [1.165, 1.54) is 54.5 Å². The number of aromatic nitrogens is 1. The summed E-state index contributed by atoms with van der Waals surface area (Å²) in [7, 11) is 0. The van der Waals surface area contributed by atoms with Crippen LogP contribution >= 0.6 is 11.8 Å². The number of hydrogen-bond donors (Lipinski definition) is 1. The van der Waals surface area contributed by atoms with E-state index in [2.05, 4.69) is 186 Å². The Morgan fingerprint density at radius 3 is 1.68 bits per heavy atom. The summed E-state index contributed by atoms with van der Waals surface area (Å²) in [6.45, 7) is 0. The van der Waals surface area contributed by atoms with Gasteiger partial charge in [-0.15, -0.1) is 0 Å². The molecule has 1 aliphatic rings. The molecular formula is C49H32N2OS. The first-order valence-corrected chi connectivity index (χ1v) is 18.9. The van der Waals surface area contributed by atoms with Gasteiger partial charge in [0.2, 0.25) is 0 Å². The first kappa shape index (κ1) is 30.2. The number of thioether (sulfide) groups is 1. The molecule has 2 aromatic heterocycles. The molecule has 3 heterocycles. The molecule has 1 unspecified atom stereocenters. The van der Waals surface area contributed by atoms with Crippen molar-refractivity contribution in [1.29, 1.82) is 0 Å². The SMILES string of the molecule is c1ccc(-c2ccc3c(c2)c2cc(-c4ccccc4)ccc2n3-c2ccc(C3Nc4c(cc(-c5ccccc5)c5oc6ccccc6c45)S3)cc2)cc1. The molecule has 53 heavy (non-hydrogen) atoms. The van der Waals surface area contributed by atoms with E-state index in [1.807, 2.05) is 17.8 Å². The van der Waals surface area contributed by atoms with Gasteiger partial charge in [0.15, 0.2) is 0 Å². The van der Waals surface area contributed by atoms with Crippen molar-refractivity contribution in [3.8, 4) is 39.1 Å². The van der Waals surface area contributed by atoms with Gasteiger partial charge in [-0.05, 0) is 81.9 Å². The van der Waals surface area contributed by atoms with Crippen LogP contribution in [0.3, 0.4) is 0 Å². The van der Waals surface area contributed by atoms with Crippen LogP contribution < -0.4 is 5.32 Å². The monoisotopic (exact) mass is 696 g/mol. The third kappa shape index (κ3) is 4.91. The van der Waals surface area contributed by atoms with Crippen molar-refractivity contribution in [2.24, 2.45) is 0 Å². The first-order chi connectivity index (χ1) is 26.3. The van der Waals surface area contributed by atoms with Gasteiger partial charge in [-0.1, -0.05) is 145 Å². The summed E-state index contributed by atoms with van der Waals surface area (Å²) in [5.41, 5.74) is 14.9. The lowest BCUT2D eigenvalue weighted by atomic mass is 10.0. The average molecular weight is 697 g/mol. The summed E-state index contributed by atoms with van der Waals surface area (Å²) in [6.07, 6.45) is 0. The summed E-state index contributed by atoms with van der Waals surface area (Å²) in [4.78, 5) is 1.24. The second-order valence-electron chi connectivity index (χ2n) is 13.7. The highest BCUT2D eigenvalue weighted by molar-refractivity contribution is 8.00. The predicted octanol–water partition coefficient (Wildman–Crippen LogP) is 13.9. The molecule has 11 rings (SSSR count). The topological polar surface area (TPSA) is 30.1 Å². The highest BCUT2D eigenvalue weighted by atomic mass is 32.2. The number of para-hydroxylation sites is 1. The van der Waals surface area contributed by atoms with Gasteiger partial charge in [0.05, 0.1) is 22.1 Å². The van der Waals surface area contributed by atoms with Gasteiger partial charge in [-0.2, -0.15) is 0 Å². The van der Waals surface area contributed by atoms with Gasteiger partial charge in [0, 0.05) is 32.3 Å². The van der Waals surface area contributed by atoms with Gasteiger partial charge >= 0.3 is 0 Å². The highest BCUT2D eigenvalue weighted by Crippen LogP contribution is 2.54. The fraction of sp³-hybridized carbons (Fsp3) is 0.0204. The van der Waals surface area contributed by atoms with E-state index < -0.39 is 0 Å². The molecule has 4 heteroatoms. The van der Waals surface area contributed by atoms with E-state index >= 15 is 0 Å². The lowest BCUT2D eigenvalue weighted by Crippen LogP contribution is -2.02.